The minimum absolute atomic E-state index is 0.489. The Labute approximate surface area is 111 Å². The first-order valence-electron chi connectivity index (χ1n) is 6.58. The number of aromatic nitrogens is 3. The molecule has 1 aromatic heterocycles. The van der Waals surface area contributed by atoms with E-state index in [0.717, 1.165) is 31.2 Å². The van der Waals surface area contributed by atoms with Crippen molar-refractivity contribution in [1.29, 1.82) is 0 Å². The van der Waals surface area contributed by atoms with Gasteiger partial charge in [-0.25, -0.2) is 0 Å². The highest BCUT2D eigenvalue weighted by Gasteiger charge is 2.43. The van der Waals surface area contributed by atoms with Crippen molar-refractivity contribution >= 4 is 5.97 Å². The second-order valence-corrected chi connectivity index (χ2v) is 5.34. The van der Waals surface area contributed by atoms with Crippen LogP contribution in [-0.4, -0.2) is 49.4 Å². The van der Waals surface area contributed by atoms with Crippen molar-refractivity contribution in [3.8, 4) is 0 Å². The predicted octanol–water partition coefficient (Wildman–Crippen LogP) is 0.247. The number of ether oxygens (including phenoxy) is 1. The predicted molar refractivity (Wildman–Crippen MR) is 65.4 cm³/mol. The standard InChI is InChI=1S/C12H18N4O3/c1-12(11(17)18)3-2-4-15(12)7-9-13-14-10-8-19-6-5-16(9)10/h2-8H2,1H3,(H,17,18). The molecule has 19 heavy (non-hydrogen) atoms. The van der Waals surface area contributed by atoms with Gasteiger partial charge in [0, 0.05) is 6.54 Å². The number of carboxylic acids is 1. The highest BCUT2D eigenvalue weighted by Crippen LogP contribution is 2.30. The molecule has 0 aliphatic carbocycles. The monoisotopic (exact) mass is 266 g/mol. The van der Waals surface area contributed by atoms with Gasteiger partial charge in [0.1, 0.15) is 18.0 Å². The van der Waals surface area contributed by atoms with Crippen LogP contribution >= 0.6 is 0 Å². The van der Waals surface area contributed by atoms with Crippen LogP contribution in [0.15, 0.2) is 0 Å². The summed E-state index contributed by atoms with van der Waals surface area (Å²) in [5, 5.41) is 17.7. The van der Waals surface area contributed by atoms with Crippen molar-refractivity contribution < 1.29 is 14.6 Å². The largest absolute Gasteiger partial charge is 0.480 e. The summed E-state index contributed by atoms with van der Waals surface area (Å²) in [6.45, 7) is 5.02. The summed E-state index contributed by atoms with van der Waals surface area (Å²) in [5.74, 6) is 0.914. The lowest BCUT2D eigenvalue weighted by Gasteiger charge is -2.30. The molecule has 1 aromatic rings. The van der Waals surface area contributed by atoms with Crippen molar-refractivity contribution in [2.45, 2.75) is 45.0 Å². The maximum absolute atomic E-state index is 11.4. The molecule has 0 bridgehead atoms. The molecule has 2 aliphatic heterocycles. The van der Waals surface area contributed by atoms with E-state index < -0.39 is 11.5 Å². The van der Waals surface area contributed by atoms with Crippen LogP contribution in [0.3, 0.4) is 0 Å². The molecular weight excluding hydrogens is 248 g/mol. The van der Waals surface area contributed by atoms with Gasteiger partial charge in [0.15, 0.2) is 5.82 Å². The Morgan fingerprint density at radius 1 is 1.47 bits per heavy atom. The van der Waals surface area contributed by atoms with Gasteiger partial charge >= 0.3 is 5.97 Å². The molecule has 104 valence electrons. The zero-order valence-electron chi connectivity index (χ0n) is 11.0. The highest BCUT2D eigenvalue weighted by atomic mass is 16.5. The average Bonchev–Trinajstić information content (AvgIpc) is 2.97. The maximum atomic E-state index is 11.4. The lowest BCUT2D eigenvalue weighted by molar-refractivity contribution is -0.149. The lowest BCUT2D eigenvalue weighted by atomic mass is 9.99. The van der Waals surface area contributed by atoms with Crippen molar-refractivity contribution in [1.82, 2.24) is 19.7 Å². The van der Waals surface area contributed by atoms with Gasteiger partial charge in [-0.2, -0.15) is 0 Å². The molecule has 3 heterocycles. The summed E-state index contributed by atoms with van der Waals surface area (Å²) in [5.41, 5.74) is -0.780. The van der Waals surface area contributed by atoms with Gasteiger partial charge < -0.3 is 14.4 Å². The third-order valence-corrected chi connectivity index (χ3v) is 4.18. The second-order valence-electron chi connectivity index (χ2n) is 5.34. The molecule has 1 fully saturated rings. The zero-order chi connectivity index (χ0) is 13.5. The molecule has 1 saturated heterocycles. The molecule has 7 heteroatoms. The van der Waals surface area contributed by atoms with Crippen molar-refractivity contribution in [2.75, 3.05) is 13.2 Å². The first kappa shape index (κ1) is 12.6. The Balaban J connectivity index is 1.81. The molecule has 1 atom stereocenters. The Hall–Kier alpha value is -1.47. The van der Waals surface area contributed by atoms with Gasteiger partial charge in [0.2, 0.25) is 0 Å². The summed E-state index contributed by atoms with van der Waals surface area (Å²) >= 11 is 0. The summed E-state index contributed by atoms with van der Waals surface area (Å²) in [6.07, 6.45) is 1.60. The smallest absolute Gasteiger partial charge is 0.323 e. The van der Waals surface area contributed by atoms with E-state index in [9.17, 15) is 9.90 Å². The quantitative estimate of drug-likeness (QED) is 0.844. The highest BCUT2D eigenvalue weighted by molar-refractivity contribution is 5.78. The fourth-order valence-electron chi connectivity index (χ4n) is 2.86. The van der Waals surface area contributed by atoms with Crippen LogP contribution in [0.2, 0.25) is 0 Å². The van der Waals surface area contributed by atoms with E-state index in [0.29, 0.717) is 26.2 Å². The Kier molecular flexibility index (Phi) is 3.02. The lowest BCUT2D eigenvalue weighted by Crippen LogP contribution is -2.47. The number of carbonyl (C=O) groups is 1. The minimum Gasteiger partial charge on any atom is -0.480 e. The second kappa shape index (κ2) is 4.57. The molecule has 1 N–H and O–H groups in total. The van der Waals surface area contributed by atoms with E-state index in [-0.39, 0.29) is 0 Å². The summed E-state index contributed by atoms with van der Waals surface area (Å²) < 4.78 is 7.37. The Morgan fingerprint density at radius 2 is 2.32 bits per heavy atom. The molecule has 7 nitrogen and oxygen atoms in total. The first-order chi connectivity index (χ1) is 9.11. The minimum atomic E-state index is -0.780. The fourth-order valence-corrected chi connectivity index (χ4v) is 2.86. The molecule has 0 radical (unpaired) electrons. The molecular formula is C12H18N4O3. The molecule has 1 unspecified atom stereocenters. The third kappa shape index (κ3) is 2.02. The summed E-state index contributed by atoms with van der Waals surface area (Å²) in [7, 11) is 0. The van der Waals surface area contributed by atoms with Crippen molar-refractivity contribution in [3.05, 3.63) is 11.6 Å². The van der Waals surface area contributed by atoms with Crippen LogP contribution in [0.1, 0.15) is 31.4 Å². The molecule has 0 aromatic carbocycles. The van der Waals surface area contributed by atoms with E-state index in [1.165, 1.54) is 0 Å². The number of carboxylic acid groups (broad SMARTS) is 1. The number of rotatable bonds is 3. The number of fused-ring (bicyclic) bond motifs is 1. The van der Waals surface area contributed by atoms with Crippen LogP contribution in [0.25, 0.3) is 0 Å². The first-order valence-corrected chi connectivity index (χ1v) is 6.58. The van der Waals surface area contributed by atoms with Crippen LogP contribution in [-0.2, 0) is 29.2 Å². The van der Waals surface area contributed by atoms with Crippen molar-refractivity contribution in [3.63, 3.8) is 0 Å². The molecule has 3 rings (SSSR count). The van der Waals surface area contributed by atoms with E-state index >= 15 is 0 Å². The van der Waals surface area contributed by atoms with Crippen LogP contribution in [0, 0.1) is 0 Å². The number of nitrogens with zero attached hydrogens (tertiary/aromatic N) is 4. The fraction of sp³-hybridized carbons (Fsp3) is 0.750. The van der Waals surface area contributed by atoms with Gasteiger partial charge in [-0.05, 0) is 26.3 Å². The number of likely N-dealkylation sites (tertiary alicyclic amines) is 1. The van der Waals surface area contributed by atoms with Gasteiger partial charge in [-0.15, -0.1) is 10.2 Å². The van der Waals surface area contributed by atoms with Crippen LogP contribution in [0.5, 0.6) is 0 Å². The average molecular weight is 266 g/mol. The summed E-state index contributed by atoms with van der Waals surface area (Å²) in [6, 6.07) is 0. The van der Waals surface area contributed by atoms with Crippen molar-refractivity contribution in [2.24, 2.45) is 0 Å². The van der Waals surface area contributed by atoms with Gasteiger partial charge in [0.25, 0.3) is 0 Å². The third-order valence-electron chi connectivity index (χ3n) is 4.18. The number of hydrogen-bond acceptors (Lipinski definition) is 5. The molecule has 0 spiro atoms. The Morgan fingerprint density at radius 3 is 3.11 bits per heavy atom. The van der Waals surface area contributed by atoms with Gasteiger partial charge in [-0.3, -0.25) is 9.69 Å². The van der Waals surface area contributed by atoms with E-state index in [1.54, 1.807) is 6.92 Å². The van der Waals surface area contributed by atoms with Crippen LogP contribution in [0.4, 0.5) is 0 Å². The van der Waals surface area contributed by atoms with E-state index in [1.807, 2.05) is 9.47 Å². The number of aliphatic carboxylic acids is 1. The van der Waals surface area contributed by atoms with E-state index in [2.05, 4.69) is 10.2 Å². The maximum Gasteiger partial charge on any atom is 0.323 e. The topological polar surface area (TPSA) is 80.5 Å². The molecule has 2 aliphatic rings. The number of hydrogen-bond donors (Lipinski definition) is 1. The van der Waals surface area contributed by atoms with E-state index in [4.69, 9.17) is 4.74 Å². The summed E-state index contributed by atoms with van der Waals surface area (Å²) in [4.78, 5) is 13.4. The molecule has 0 amide bonds. The van der Waals surface area contributed by atoms with Crippen LogP contribution < -0.4 is 0 Å². The normalized spacial score (nSPS) is 27.4. The van der Waals surface area contributed by atoms with Gasteiger partial charge in [-0.1, -0.05) is 0 Å². The SMILES string of the molecule is CC1(C(=O)O)CCCN1Cc1nnc2n1CCOC2. The Bertz CT molecular complexity index is 501. The zero-order valence-corrected chi connectivity index (χ0v) is 11.0. The van der Waals surface area contributed by atoms with Gasteiger partial charge in [0.05, 0.1) is 13.2 Å². The molecule has 0 saturated carbocycles.